The Hall–Kier alpha value is -2.63. The third-order valence-electron chi connectivity index (χ3n) is 5.00. The Balaban J connectivity index is 1.67. The summed E-state index contributed by atoms with van der Waals surface area (Å²) in [5.74, 6) is 0.807. The topological polar surface area (TPSA) is 46.5 Å². The highest BCUT2D eigenvalue weighted by Gasteiger charge is 2.32. The van der Waals surface area contributed by atoms with E-state index in [1.165, 1.54) is 0 Å². The van der Waals surface area contributed by atoms with Crippen molar-refractivity contribution >= 4 is 34.9 Å². The zero-order chi connectivity index (χ0) is 20.4. The van der Waals surface area contributed by atoms with E-state index in [9.17, 15) is 4.79 Å². The number of benzene rings is 2. The quantitative estimate of drug-likeness (QED) is 0.566. The Morgan fingerprint density at radius 1 is 1.07 bits per heavy atom. The molecule has 5 nitrogen and oxygen atoms in total. The van der Waals surface area contributed by atoms with Gasteiger partial charge in [-0.15, -0.1) is 0 Å². The highest BCUT2D eigenvalue weighted by atomic mass is 35.5. The number of nitrogens with zero attached hydrogens (tertiary/aromatic N) is 2. The fourth-order valence-electron chi connectivity index (χ4n) is 3.66. The third kappa shape index (κ3) is 3.93. The number of hydrogen-bond acceptors (Lipinski definition) is 2. The Morgan fingerprint density at radius 2 is 1.79 bits per heavy atom. The van der Waals surface area contributed by atoms with E-state index in [4.69, 9.17) is 27.9 Å². The minimum absolute atomic E-state index is 0.226. The summed E-state index contributed by atoms with van der Waals surface area (Å²) >= 11 is 12.5. The zero-order valence-electron chi connectivity index (χ0n) is 15.9. The van der Waals surface area contributed by atoms with Crippen LogP contribution in [0.5, 0.6) is 5.75 Å². The number of aromatic nitrogens is 1. The Kier molecular flexibility index (Phi) is 5.69. The third-order valence-corrected chi connectivity index (χ3v) is 5.63. The molecule has 2 amide bonds. The summed E-state index contributed by atoms with van der Waals surface area (Å²) in [5.41, 5.74) is 2.49. The molecule has 0 radical (unpaired) electrons. The molecule has 1 aliphatic rings. The van der Waals surface area contributed by atoms with Gasteiger partial charge in [0.2, 0.25) is 0 Å². The molecule has 3 aromatic rings. The van der Waals surface area contributed by atoms with Crippen LogP contribution in [-0.2, 0) is 6.54 Å². The monoisotopic (exact) mass is 429 g/mol. The van der Waals surface area contributed by atoms with Gasteiger partial charge in [0.15, 0.2) is 0 Å². The summed E-state index contributed by atoms with van der Waals surface area (Å²) in [5, 5.41) is 3.70. The van der Waals surface area contributed by atoms with E-state index in [0.29, 0.717) is 28.9 Å². The number of urea groups is 1. The average molecular weight is 430 g/mol. The Morgan fingerprint density at radius 3 is 2.48 bits per heavy atom. The van der Waals surface area contributed by atoms with Gasteiger partial charge >= 0.3 is 6.03 Å². The van der Waals surface area contributed by atoms with Crippen LogP contribution < -0.4 is 10.1 Å². The molecule has 1 N–H and O–H groups in total. The van der Waals surface area contributed by atoms with Crippen molar-refractivity contribution in [3.8, 4) is 5.75 Å². The van der Waals surface area contributed by atoms with Gasteiger partial charge in [0.05, 0.1) is 28.4 Å². The molecule has 0 saturated heterocycles. The molecule has 29 heavy (non-hydrogen) atoms. The first-order chi connectivity index (χ1) is 14.1. The normalized spacial score (nSPS) is 15.7. The van der Waals surface area contributed by atoms with Crippen LogP contribution >= 0.6 is 23.2 Å². The van der Waals surface area contributed by atoms with Crippen molar-refractivity contribution in [1.29, 1.82) is 0 Å². The lowest BCUT2D eigenvalue weighted by Crippen LogP contribution is -2.44. The smallest absolute Gasteiger partial charge is 0.322 e. The molecule has 0 unspecified atom stereocenters. The number of halogens is 2. The number of nitrogens with one attached hydrogen (secondary N) is 1. The number of fused-ring (bicyclic) bond motifs is 1. The molecule has 1 aromatic heterocycles. The van der Waals surface area contributed by atoms with Crippen LogP contribution in [0.1, 0.15) is 24.2 Å². The average Bonchev–Trinajstić information content (AvgIpc) is 3.20. The van der Waals surface area contributed by atoms with Gasteiger partial charge in [-0.2, -0.15) is 0 Å². The molecule has 1 atom stereocenters. The molecular formula is C22H21Cl2N3O2. The van der Waals surface area contributed by atoms with Crippen molar-refractivity contribution in [3.05, 3.63) is 82.1 Å². The first-order valence-electron chi connectivity index (χ1n) is 9.48. The summed E-state index contributed by atoms with van der Waals surface area (Å²) in [7, 11) is 0. The predicted octanol–water partition coefficient (Wildman–Crippen LogP) is 5.83. The van der Waals surface area contributed by atoms with Crippen molar-refractivity contribution in [2.75, 3.05) is 18.5 Å². The van der Waals surface area contributed by atoms with Crippen molar-refractivity contribution in [2.45, 2.75) is 19.5 Å². The summed E-state index contributed by atoms with van der Waals surface area (Å²) in [6, 6.07) is 16.6. The van der Waals surface area contributed by atoms with E-state index < -0.39 is 0 Å². The Labute approximate surface area is 179 Å². The molecule has 7 heteroatoms. The van der Waals surface area contributed by atoms with E-state index in [2.05, 4.69) is 9.88 Å². The van der Waals surface area contributed by atoms with Crippen LogP contribution in [0.4, 0.5) is 10.5 Å². The number of anilines is 1. The highest BCUT2D eigenvalue weighted by Crippen LogP contribution is 2.35. The maximum Gasteiger partial charge on any atom is 0.322 e. The lowest BCUT2D eigenvalue weighted by atomic mass is 10.00. The van der Waals surface area contributed by atoms with Crippen LogP contribution in [0.2, 0.25) is 10.0 Å². The molecular weight excluding hydrogens is 409 g/mol. The highest BCUT2D eigenvalue weighted by molar-refractivity contribution is 6.39. The maximum atomic E-state index is 13.2. The molecule has 150 valence electrons. The van der Waals surface area contributed by atoms with E-state index >= 15 is 0 Å². The zero-order valence-corrected chi connectivity index (χ0v) is 17.5. The van der Waals surface area contributed by atoms with Crippen LogP contribution in [0, 0.1) is 0 Å². The van der Waals surface area contributed by atoms with Crippen molar-refractivity contribution in [2.24, 2.45) is 0 Å². The predicted molar refractivity (Wildman–Crippen MR) is 116 cm³/mol. The SMILES string of the molecule is CCOc1ccc([C@@H]2c3cccn3CCN2C(=O)Nc2c(Cl)cccc2Cl)cc1. The molecule has 1 aliphatic heterocycles. The Bertz CT molecular complexity index is 997. The summed E-state index contributed by atoms with van der Waals surface area (Å²) in [6.45, 7) is 3.85. The standard InChI is InChI=1S/C22H21Cl2N3O2/c1-2-29-16-10-8-15(9-11-16)21-19-7-4-12-26(19)13-14-27(21)22(28)25-20-17(23)5-3-6-18(20)24/h3-12,21H,2,13-14H2,1H3,(H,25,28)/t21-/m1/s1. The second-order valence-electron chi connectivity index (χ2n) is 6.75. The van der Waals surface area contributed by atoms with Gasteiger partial charge in [-0.3, -0.25) is 0 Å². The van der Waals surface area contributed by atoms with Gasteiger partial charge in [0.25, 0.3) is 0 Å². The molecule has 4 rings (SSSR count). The summed E-state index contributed by atoms with van der Waals surface area (Å²) in [6.07, 6.45) is 2.04. The number of carbonyl (C=O) groups excluding carboxylic acids is 1. The van der Waals surface area contributed by atoms with Crippen molar-refractivity contribution in [3.63, 3.8) is 0 Å². The van der Waals surface area contributed by atoms with E-state index in [1.807, 2.05) is 54.4 Å². The molecule has 0 bridgehead atoms. The number of amides is 2. The fraction of sp³-hybridized carbons (Fsp3) is 0.227. The molecule has 2 heterocycles. The van der Waals surface area contributed by atoms with E-state index in [-0.39, 0.29) is 12.1 Å². The molecule has 0 aliphatic carbocycles. The van der Waals surface area contributed by atoms with Crippen molar-refractivity contribution in [1.82, 2.24) is 9.47 Å². The van der Waals surface area contributed by atoms with Gasteiger partial charge in [-0.25, -0.2) is 4.79 Å². The number of carbonyl (C=O) groups is 1. The van der Waals surface area contributed by atoms with Crippen LogP contribution in [-0.4, -0.2) is 28.6 Å². The van der Waals surface area contributed by atoms with E-state index in [0.717, 1.165) is 23.6 Å². The van der Waals surface area contributed by atoms with Gasteiger partial charge in [-0.05, 0) is 48.9 Å². The molecule has 0 fully saturated rings. The minimum Gasteiger partial charge on any atom is -0.494 e. The molecule has 0 spiro atoms. The lowest BCUT2D eigenvalue weighted by molar-refractivity contribution is 0.182. The maximum absolute atomic E-state index is 13.2. The van der Waals surface area contributed by atoms with Crippen molar-refractivity contribution < 1.29 is 9.53 Å². The van der Waals surface area contributed by atoms with Crippen LogP contribution in [0.3, 0.4) is 0 Å². The van der Waals surface area contributed by atoms with Gasteiger partial charge in [0, 0.05) is 25.0 Å². The number of rotatable bonds is 4. The van der Waals surface area contributed by atoms with Crippen LogP contribution in [0.15, 0.2) is 60.8 Å². The number of ether oxygens (including phenoxy) is 1. The largest absolute Gasteiger partial charge is 0.494 e. The van der Waals surface area contributed by atoms with Gasteiger partial charge in [-0.1, -0.05) is 41.4 Å². The number of para-hydroxylation sites is 1. The second kappa shape index (κ2) is 8.39. The molecule has 0 saturated carbocycles. The van der Waals surface area contributed by atoms with Gasteiger partial charge < -0.3 is 19.5 Å². The fourth-order valence-corrected chi connectivity index (χ4v) is 4.15. The number of hydrogen-bond donors (Lipinski definition) is 1. The summed E-state index contributed by atoms with van der Waals surface area (Å²) < 4.78 is 7.73. The lowest BCUT2D eigenvalue weighted by Gasteiger charge is -2.37. The second-order valence-corrected chi connectivity index (χ2v) is 7.57. The molecule has 2 aromatic carbocycles. The first kappa shape index (κ1) is 19.7. The first-order valence-corrected chi connectivity index (χ1v) is 10.2. The van der Waals surface area contributed by atoms with E-state index in [1.54, 1.807) is 18.2 Å². The van der Waals surface area contributed by atoms with Gasteiger partial charge in [0.1, 0.15) is 5.75 Å². The minimum atomic E-state index is -0.244. The van der Waals surface area contributed by atoms with Crippen LogP contribution in [0.25, 0.3) is 0 Å². The summed E-state index contributed by atoms with van der Waals surface area (Å²) in [4.78, 5) is 15.0.